The molecule has 0 fully saturated rings. The molecule has 2 heterocycles. The number of nitro groups is 1. The number of aromatic nitrogens is 4. The predicted octanol–water partition coefficient (Wildman–Crippen LogP) is 3.71. The largest absolute Gasteiger partial charge is 0.319 e. The third-order valence-electron chi connectivity index (χ3n) is 4.17. The average Bonchev–Trinajstić information content (AvgIpc) is 3.23. The van der Waals surface area contributed by atoms with Crippen molar-refractivity contribution >= 4 is 29.0 Å². The van der Waals surface area contributed by atoms with Crippen LogP contribution in [0.1, 0.15) is 23.4 Å². The Morgan fingerprint density at radius 1 is 1.33 bits per heavy atom. The number of alkyl halides is 2. The summed E-state index contributed by atoms with van der Waals surface area (Å²) in [5.74, 6) is -1.08. The van der Waals surface area contributed by atoms with Gasteiger partial charge in [-0.2, -0.15) is 10.2 Å². The molecule has 0 bridgehead atoms. The summed E-state index contributed by atoms with van der Waals surface area (Å²) in [4.78, 5) is 22.3. The van der Waals surface area contributed by atoms with E-state index in [9.17, 15) is 28.1 Å². The van der Waals surface area contributed by atoms with Gasteiger partial charge in [0.15, 0.2) is 5.82 Å². The van der Waals surface area contributed by atoms with Crippen molar-refractivity contribution in [3.05, 3.63) is 68.4 Å². The normalized spacial score (nSPS) is 11.1. The summed E-state index contributed by atoms with van der Waals surface area (Å²) in [6.07, 6.45) is -1.67. The molecule has 0 aliphatic heterocycles. The van der Waals surface area contributed by atoms with Crippen molar-refractivity contribution in [2.24, 2.45) is 0 Å². The van der Waals surface area contributed by atoms with Crippen molar-refractivity contribution in [1.82, 2.24) is 19.6 Å². The van der Waals surface area contributed by atoms with Gasteiger partial charge in [0.05, 0.1) is 11.5 Å². The molecule has 0 radical (unpaired) electrons. The quantitative estimate of drug-likeness (QED) is 0.443. The second-order valence-electron chi connectivity index (χ2n) is 6.18. The maximum absolute atomic E-state index is 13.9. The highest BCUT2D eigenvalue weighted by atomic mass is 35.5. The van der Waals surface area contributed by atoms with Gasteiger partial charge in [0.2, 0.25) is 11.6 Å². The lowest BCUT2D eigenvalue weighted by Gasteiger charge is -2.06. The number of hydrogen-bond acceptors (Lipinski definition) is 5. The highest BCUT2D eigenvalue weighted by molar-refractivity contribution is 6.31. The monoisotopic (exact) mass is 442 g/mol. The fourth-order valence-electron chi connectivity index (χ4n) is 2.77. The van der Waals surface area contributed by atoms with Crippen molar-refractivity contribution in [2.45, 2.75) is 26.4 Å². The van der Waals surface area contributed by atoms with E-state index in [2.05, 4.69) is 15.5 Å². The van der Waals surface area contributed by atoms with Crippen LogP contribution in [-0.4, -0.2) is 30.4 Å². The molecule has 13 heteroatoms. The van der Waals surface area contributed by atoms with E-state index in [0.29, 0.717) is 0 Å². The number of nitrogens with one attached hydrogen (secondary N) is 1. The highest BCUT2D eigenvalue weighted by Crippen LogP contribution is 2.30. The van der Waals surface area contributed by atoms with Crippen LogP contribution in [0.5, 0.6) is 0 Å². The molecule has 1 amide bonds. The first kappa shape index (κ1) is 21.3. The Kier molecular flexibility index (Phi) is 6.06. The molecule has 0 spiro atoms. The standard InChI is InChI=1S/C17H14ClF3N6O3/c1-9-16(27(29)30)15(17(20)21)24-26(9)8-14(28)22-13-5-6-25(23-13)7-10-11(18)3-2-4-12(10)19/h2-6,17H,7-8H2,1H3,(H,22,23,28). The summed E-state index contributed by atoms with van der Waals surface area (Å²) in [5, 5.41) is 21.2. The molecule has 1 N–H and O–H groups in total. The van der Waals surface area contributed by atoms with Crippen LogP contribution < -0.4 is 5.32 Å². The van der Waals surface area contributed by atoms with E-state index in [1.165, 1.54) is 42.1 Å². The van der Waals surface area contributed by atoms with Crippen LogP contribution in [-0.2, 0) is 17.9 Å². The lowest BCUT2D eigenvalue weighted by molar-refractivity contribution is -0.386. The number of hydrogen-bond donors (Lipinski definition) is 1. The molecule has 2 aromatic heterocycles. The lowest BCUT2D eigenvalue weighted by Crippen LogP contribution is -2.21. The summed E-state index contributed by atoms with van der Waals surface area (Å²) in [6.45, 7) is 0.701. The molecule has 0 saturated carbocycles. The molecule has 0 aliphatic rings. The first-order valence-corrected chi connectivity index (χ1v) is 8.81. The van der Waals surface area contributed by atoms with Gasteiger partial charge in [0.25, 0.3) is 6.43 Å². The van der Waals surface area contributed by atoms with Gasteiger partial charge in [0, 0.05) is 22.8 Å². The van der Waals surface area contributed by atoms with Crippen LogP contribution in [0.2, 0.25) is 5.02 Å². The van der Waals surface area contributed by atoms with E-state index in [4.69, 9.17) is 11.6 Å². The number of rotatable bonds is 7. The molecule has 1 aromatic carbocycles. The van der Waals surface area contributed by atoms with Gasteiger partial charge in [-0.15, -0.1) is 0 Å². The zero-order valence-corrected chi connectivity index (χ0v) is 16.1. The molecule has 158 valence electrons. The number of carbonyl (C=O) groups excluding carboxylic acids is 1. The Morgan fingerprint density at radius 3 is 2.67 bits per heavy atom. The fraction of sp³-hybridized carbons (Fsp3) is 0.235. The van der Waals surface area contributed by atoms with Gasteiger partial charge in [-0.05, 0) is 19.1 Å². The van der Waals surface area contributed by atoms with Crippen LogP contribution in [0.15, 0.2) is 30.5 Å². The van der Waals surface area contributed by atoms with Gasteiger partial charge in [-0.25, -0.2) is 13.2 Å². The Hall–Kier alpha value is -3.41. The van der Waals surface area contributed by atoms with Crippen molar-refractivity contribution in [3.63, 3.8) is 0 Å². The van der Waals surface area contributed by atoms with E-state index < -0.39 is 41.0 Å². The van der Waals surface area contributed by atoms with Crippen molar-refractivity contribution in [3.8, 4) is 0 Å². The van der Waals surface area contributed by atoms with Crippen LogP contribution in [0.3, 0.4) is 0 Å². The summed E-state index contributed by atoms with van der Waals surface area (Å²) in [6, 6.07) is 5.70. The molecular formula is C17H14ClF3N6O3. The Morgan fingerprint density at radius 2 is 2.07 bits per heavy atom. The second-order valence-corrected chi connectivity index (χ2v) is 6.59. The van der Waals surface area contributed by atoms with Crippen molar-refractivity contribution in [2.75, 3.05) is 5.32 Å². The number of anilines is 1. The summed E-state index contributed by atoms with van der Waals surface area (Å²) in [7, 11) is 0. The average molecular weight is 443 g/mol. The first-order chi connectivity index (χ1) is 14.2. The number of nitrogens with zero attached hydrogens (tertiary/aromatic N) is 5. The smallest absolute Gasteiger partial charge is 0.308 e. The number of amides is 1. The van der Waals surface area contributed by atoms with Crippen molar-refractivity contribution in [1.29, 1.82) is 0 Å². The molecule has 0 aliphatic carbocycles. The minimum Gasteiger partial charge on any atom is -0.308 e. The van der Waals surface area contributed by atoms with Crippen LogP contribution in [0.4, 0.5) is 24.7 Å². The molecule has 30 heavy (non-hydrogen) atoms. The predicted molar refractivity (Wildman–Crippen MR) is 99.9 cm³/mol. The summed E-state index contributed by atoms with van der Waals surface area (Å²) < 4.78 is 42.0. The summed E-state index contributed by atoms with van der Waals surface area (Å²) in [5.41, 5.74) is -1.79. The molecule has 0 saturated heterocycles. The minimum atomic E-state index is -3.16. The molecule has 0 unspecified atom stereocenters. The summed E-state index contributed by atoms with van der Waals surface area (Å²) >= 11 is 5.97. The van der Waals surface area contributed by atoms with E-state index in [1.54, 1.807) is 0 Å². The van der Waals surface area contributed by atoms with Gasteiger partial charge < -0.3 is 5.32 Å². The topological polar surface area (TPSA) is 108 Å². The zero-order valence-electron chi connectivity index (χ0n) is 15.4. The highest BCUT2D eigenvalue weighted by Gasteiger charge is 2.31. The second kappa shape index (κ2) is 8.53. The van der Waals surface area contributed by atoms with Crippen LogP contribution in [0.25, 0.3) is 0 Å². The lowest BCUT2D eigenvalue weighted by atomic mass is 10.2. The van der Waals surface area contributed by atoms with Gasteiger partial charge in [-0.1, -0.05) is 17.7 Å². The van der Waals surface area contributed by atoms with E-state index in [-0.39, 0.29) is 28.6 Å². The molecule has 9 nitrogen and oxygen atoms in total. The Bertz CT molecular complexity index is 1090. The number of benzene rings is 1. The van der Waals surface area contributed by atoms with E-state index >= 15 is 0 Å². The first-order valence-electron chi connectivity index (χ1n) is 8.43. The minimum absolute atomic E-state index is 0.0174. The maximum atomic E-state index is 13.9. The SMILES string of the molecule is Cc1c([N+](=O)[O-])c(C(F)F)nn1CC(=O)Nc1ccn(Cc2c(F)cccc2Cl)n1. The maximum Gasteiger partial charge on any atom is 0.319 e. The molecule has 0 atom stereocenters. The number of halogens is 4. The Labute approximate surface area is 172 Å². The fourth-order valence-corrected chi connectivity index (χ4v) is 2.99. The van der Waals surface area contributed by atoms with E-state index in [1.807, 2.05) is 0 Å². The molecule has 3 aromatic rings. The van der Waals surface area contributed by atoms with Crippen LogP contribution in [0, 0.1) is 22.9 Å². The molecule has 3 rings (SSSR count). The van der Waals surface area contributed by atoms with Gasteiger partial charge in [-0.3, -0.25) is 24.3 Å². The third kappa shape index (κ3) is 4.43. The van der Waals surface area contributed by atoms with Crippen molar-refractivity contribution < 1.29 is 22.9 Å². The van der Waals surface area contributed by atoms with Gasteiger partial charge in [0.1, 0.15) is 18.1 Å². The third-order valence-corrected chi connectivity index (χ3v) is 4.53. The van der Waals surface area contributed by atoms with Crippen LogP contribution >= 0.6 is 11.6 Å². The Balaban J connectivity index is 1.71. The molecular weight excluding hydrogens is 429 g/mol. The number of carbonyl (C=O) groups is 1. The van der Waals surface area contributed by atoms with E-state index in [0.717, 1.165) is 4.68 Å². The zero-order chi connectivity index (χ0) is 22.0. The van der Waals surface area contributed by atoms with Gasteiger partial charge >= 0.3 is 5.69 Å².